The average molecular weight is 457 g/mol. The second kappa shape index (κ2) is 8.84. The van der Waals surface area contributed by atoms with Crippen LogP contribution in [-0.2, 0) is 16.6 Å². The number of sulfonamides is 1. The zero-order valence-corrected chi connectivity index (χ0v) is 17.9. The lowest BCUT2D eigenvalue weighted by Gasteiger charge is -2.07. The molecular formula is C20H16N4O3S3. The first-order chi connectivity index (χ1) is 14.5. The summed E-state index contributed by atoms with van der Waals surface area (Å²) in [4.78, 5) is 13.5. The molecule has 0 atom stereocenters. The maximum absolute atomic E-state index is 12.5. The van der Waals surface area contributed by atoms with Gasteiger partial charge in [-0.3, -0.25) is 10.1 Å². The number of hydrogen-bond donors (Lipinski definition) is 2. The van der Waals surface area contributed by atoms with E-state index in [0.717, 1.165) is 10.4 Å². The standard InChI is InChI=1S/C20H16N4O3S3/c25-18(22-20-24-23-19(29-20)15-5-2-1-3-6-15)14-8-10-17(11-9-14)30(26,27)21-13-16-7-4-12-28-16/h1-12,21H,13H2,(H,22,24,25). The molecule has 0 bridgehead atoms. The Labute approximate surface area is 181 Å². The number of nitrogens with zero attached hydrogens (tertiary/aromatic N) is 2. The summed E-state index contributed by atoms with van der Waals surface area (Å²) >= 11 is 2.74. The molecule has 0 saturated carbocycles. The summed E-state index contributed by atoms with van der Waals surface area (Å²) in [7, 11) is -3.66. The molecule has 0 fully saturated rings. The highest BCUT2D eigenvalue weighted by Crippen LogP contribution is 2.26. The molecule has 152 valence electrons. The number of rotatable bonds is 7. The number of nitrogens with one attached hydrogen (secondary N) is 2. The summed E-state index contributed by atoms with van der Waals surface area (Å²) < 4.78 is 27.4. The molecule has 2 N–H and O–H groups in total. The highest BCUT2D eigenvalue weighted by molar-refractivity contribution is 7.89. The van der Waals surface area contributed by atoms with E-state index in [4.69, 9.17) is 0 Å². The van der Waals surface area contributed by atoms with Gasteiger partial charge in [0.25, 0.3) is 5.91 Å². The third-order valence-electron chi connectivity index (χ3n) is 4.11. The maximum Gasteiger partial charge on any atom is 0.257 e. The molecule has 2 aromatic heterocycles. The van der Waals surface area contributed by atoms with Crippen molar-refractivity contribution < 1.29 is 13.2 Å². The lowest BCUT2D eigenvalue weighted by atomic mass is 10.2. The zero-order valence-electron chi connectivity index (χ0n) is 15.5. The van der Waals surface area contributed by atoms with Crippen molar-refractivity contribution in [1.29, 1.82) is 0 Å². The van der Waals surface area contributed by atoms with Crippen molar-refractivity contribution in [2.24, 2.45) is 0 Å². The average Bonchev–Trinajstić information content (AvgIpc) is 3.45. The first-order valence-corrected chi connectivity index (χ1v) is 12.0. The van der Waals surface area contributed by atoms with Gasteiger partial charge in [-0.25, -0.2) is 13.1 Å². The predicted molar refractivity (Wildman–Crippen MR) is 118 cm³/mol. The molecule has 0 radical (unpaired) electrons. The first-order valence-electron chi connectivity index (χ1n) is 8.84. The lowest BCUT2D eigenvalue weighted by Crippen LogP contribution is -2.23. The number of benzene rings is 2. The molecule has 7 nitrogen and oxygen atoms in total. The smallest absolute Gasteiger partial charge is 0.257 e. The Bertz CT molecular complexity index is 1240. The van der Waals surface area contributed by atoms with Gasteiger partial charge in [0, 0.05) is 22.5 Å². The fourth-order valence-corrected chi connectivity index (χ4v) is 5.08. The van der Waals surface area contributed by atoms with Crippen LogP contribution in [0.25, 0.3) is 10.6 Å². The van der Waals surface area contributed by atoms with Crippen LogP contribution in [0.5, 0.6) is 0 Å². The highest BCUT2D eigenvalue weighted by atomic mass is 32.2. The highest BCUT2D eigenvalue weighted by Gasteiger charge is 2.16. The molecule has 0 saturated heterocycles. The molecular weight excluding hydrogens is 440 g/mol. The lowest BCUT2D eigenvalue weighted by molar-refractivity contribution is 0.102. The Hall–Kier alpha value is -2.92. The molecule has 0 unspecified atom stereocenters. The minimum absolute atomic E-state index is 0.0953. The SMILES string of the molecule is O=C(Nc1nnc(-c2ccccc2)s1)c1ccc(S(=O)(=O)NCc2cccs2)cc1. The number of carbonyl (C=O) groups excluding carboxylic acids is 1. The second-order valence-corrected chi connectivity index (χ2v) is 9.94. The Morgan fingerprint density at radius 2 is 1.70 bits per heavy atom. The molecule has 2 heterocycles. The quantitative estimate of drug-likeness (QED) is 0.438. The summed E-state index contributed by atoms with van der Waals surface area (Å²) in [6.07, 6.45) is 0. The summed E-state index contributed by atoms with van der Waals surface area (Å²) in [5.74, 6) is -0.388. The van der Waals surface area contributed by atoms with Crippen molar-refractivity contribution in [3.05, 3.63) is 82.6 Å². The van der Waals surface area contributed by atoms with E-state index in [1.54, 1.807) is 0 Å². The third kappa shape index (κ3) is 4.79. The van der Waals surface area contributed by atoms with Crippen molar-refractivity contribution in [2.45, 2.75) is 11.4 Å². The van der Waals surface area contributed by atoms with Crippen molar-refractivity contribution in [1.82, 2.24) is 14.9 Å². The van der Waals surface area contributed by atoms with Crippen LogP contribution in [0.4, 0.5) is 5.13 Å². The molecule has 0 spiro atoms. The number of aromatic nitrogens is 2. The number of hydrogen-bond acceptors (Lipinski definition) is 7. The van der Waals surface area contributed by atoms with Crippen LogP contribution in [-0.4, -0.2) is 24.5 Å². The van der Waals surface area contributed by atoms with Crippen molar-refractivity contribution in [3.8, 4) is 10.6 Å². The number of carbonyl (C=O) groups is 1. The van der Waals surface area contributed by atoms with Gasteiger partial charge in [0.15, 0.2) is 0 Å². The van der Waals surface area contributed by atoms with E-state index in [9.17, 15) is 13.2 Å². The van der Waals surface area contributed by atoms with Crippen molar-refractivity contribution >= 4 is 43.7 Å². The van der Waals surface area contributed by atoms with Crippen molar-refractivity contribution in [3.63, 3.8) is 0 Å². The minimum atomic E-state index is -3.66. The van der Waals surface area contributed by atoms with Crippen LogP contribution in [0.15, 0.2) is 77.0 Å². The summed E-state index contributed by atoms with van der Waals surface area (Å²) in [6, 6.07) is 19.0. The van der Waals surface area contributed by atoms with E-state index < -0.39 is 10.0 Å². The molecule has 10 heteroatoms. The maximum atomic E-state index is 12.5. The van der Waals surface area contributed by atoms with E-state index in [2.05, 4.69) is 20.2 Å². The Kier molecular flexibility index (Phi) is 6.00. The molecule has 4 rings (SSSR count). The monoisotopic (exact) mass is 456 g/mol. The van der Waals surface area contributed by atoms with Crippen LogP contribution in [0, 0.1) is 0 Å². The van der Waals surface area contributed by atoms with E-state index in [0.29, 0.717) is 15.7 Å². The topological polar surface area (TPSA) is 101 Å². The van der Waals surface area contributed by atoms with Gasteiger partial charge >= 0.3 is 0 Å². The fourth-order valence-electron chi connectivity index (χ4n) is 2.59. The van der Waals surface area contributed by atoms with Gasteiger partial charge in [0.1, 0.15) is 5.01 Å². The fraction of sp³-hybridized carbons (Fsp3) is 0.0500. The van der Waals surface area contributed by atoms with Gasteiger partial charge in [-0.05, 0) is 35.7 Å². The second-order valence-electron chi connectivity index (χ2n) is 6.16. The number of thiophene rings is 1. The molecule has 1 amide bonds. The number of amides is 1. The summed E-state index contributed by atoms with van der Waals surface area (Å²) in [6.45, 7) is 0.225. The zero-order chi connectivity index (χ0) is 21.0. The largest absolute Gasteiger partial charge is 0.296 e. The van der Waals surface area contributed by atoms with Gasteiger partial charge in [0.2, 0.25) is 15.2 Å². The summed E-state index contributed by atoms with van der Waals surface area (Å²) in [5.41, 5.74) is 1.24. The third-order valence-corrected chi connectivity index (χ3v) is 7.29. The van der Waals surface area contributed by atoms with Crippen LogP contribution in [0.2, 0.25) is 0 Å². The van der Waals surface area contributed by atoms with Crippen LogP contribution in [0.3, 0.4) is 0 Å². The van der Waals surface area contributed by atoms with Gasteiger partial charge in [-0.15, -0.1) is 21.5 Å². The molecule has 4 aromatic rings. The Balaban J connectivity index is 1.41. The van der Waals surface area contributed by atoms with E-state index in [-0.39, 0.29) is 17.3 Å². The molecule has 30 heavy (non-hydrogen) atoms. The van der Waals surface area contributed by atoms with Gasteiger partial charge in [-0.1, -0.05) is 47.7 Å². The first kappa shape index (κ1) is 20.4. The molecule has 2 aromatic carbocycles. The Morgan fingerprint density at radius 3 is 2.40 bits per heavy atom. The molecule has 0 aliphatic rings. The summed E-state index contributed by atoms with van der Waals surface area (Å²) in [5, 5.41) is 13.7. The van der Waals surface area contributed by atoms with Gasteiger partial charge in [-0.2, -0.15) is 0 Å². The Morgan fingerprint density at radius 1 is 0.933 bits per heavy atom. The van der Waals surface area contributed by atoms with Crippen LogP contribution in [0.1, 0.15) is 15.2 Å². The van der Waals surface area contributed by atoms with Crippen LogP contribution >= 0.6 is 22.7 Å². The van der Waals surface area contributed by atoms with Gasteiger partial charge < -0.3 is 0 Å². The van der Waals surface area contributed by atoms with E-state index in [1.165, 1.54) is 46.9 Å². The van der Waals surface area contributed by atoms with Gasteiger partial charge in [0.05, 0.1) is 4.90 Å². The van der Waals surface area contributed by atoms with Crippen LogP contribution < -0.4 is 10.0 Å². The van der Waals surface area contributed by atoms with Crippen molar-refractivity contribution in [2.75, 3.05) is 5.32 Å². The van der Waals surface area contributed by atoms with E-state index >= 15 is 0 Å². The minimum Gasteiger partial charge on any atom is -0.296 e. The predicted octanol–water partition coefficient (Wildman–Crippen LogP) is 4.00. The molecule has 0 aliphatic heterocycles. The normalized spacial score (nSPS) is 11.3. The number of anilines is 1. The molecule has 0 aliphatic carbocycles. The van der Waals surface area contributed by atoms with E-state index in [1.807, 2.05) is 47.8 Å².